The summed E-state index contributed by atoms with van der Waals surface area (Å²) >= 11 is 0. The van der Waals surface area contributed by atoms with E-state index in [4.69, 9.17) is 0 Å². The maximum Gasteiger partial charge on any atom is 0.287 e. The lowest BCUT2D eigenvalue weighted by atomic mass is 10.0. The minimum Gasteiger partial charge on any atom is -0.290 e. The van der Waals surface area contributed by atoms with Gasteiger partial charge in [-0.3, -0.25) is 4.79 Å². The first kappa shape index (κ1) is 18.9. The molecule has 1 heterocycles. The lowest BCUT2D eigenvalue weighted by molar-refractivity contribution is -0.686. The van der Waals surface area contributed by atoms with Crippen LogP contribution in [0.1, 0.15) is 10.4 Å². The molecule has 0 saturated carbocycles. The maximum absolute atomic E-state index is 12.7. The molecular weight excluding hydrogens is 380 g/mol. The number of benzene rings is 4. The van der Waals surface area contributed by atoms with Gasteiger partial charge in [0, 0.05) is 17.2 Å². The van der Waals surface area contributed by atoms with Crippen LogP contribution in [0.5, 0.6) is 0 Å². The van der Waals surface area contributed by atoms with Crippen LogP contribution in [-0.4, -0.2) is 10.8 Å². The molecule has 0 fully saturated rings. The number of hydrogen-bond donors (Lipinski definition) is 0. The van der Waals surface area contributed by atoms with E-state index in [1.165, 1.54) is 11.1 Å². The number of Topliss-reactive ketones (excluding diaryl/α,β-unsaturated/α-hetero) is 1. The van der Waals surface area contributed by atoms with E-state index in [0.717, 1.165) is 22.0 Å². The molecule has 0 radical (unpaired) electrons. The summed E-state index contributed by atoms with van der Waals surface area (Å²) in [6.45, 7) is 0.262. The molecule has 0 saturated heterocycles. The lowest BCUT2D eigenvalue weighted by Crippen LogP contribution is -2.37. The Labute approximate surface area is 181 Å². The topological polar surface area (TPSA) is 33.8 Å². The summed E-state index contributed by atoms with van der Waals surface area (Å²) in [5, 5.41) is 2.21. The Hall–Kier alpha value is -4.11. The van der Waals surface area contributed by atoms with Crippen LogP contribution in [0.15, 0.2) is 116 Å². The monoisotopic (exact) mass is 401 g/mol. The van der Waals surface area contributed by atoms with Crippen molar-refractivity contribution in [2.75, 3.05) is 0 Å². The summed E-state index contributed by atoms with van der Waals surface area (Å²) in [4.78, 5) is 17.3. The Balaban J connectivity index is 1.31. The van der Waals surface area contributed by atoms with Crippen molar-refractivity contribution in [2.45, 2.75) is 6.54 Å². The van der Waals surface area contributed by atoms with Crippen LogP contribution in [0.25, 0.3) is 33.2 Å². The number of aromatic nitrogens is 2. The van der Waals surface area contributed by atoms with Gasteiger partial charge in [-0.2, -0.15) is 0 Å². The van der Waals surface area contributed by atoms with Crippen LogP contribution in [0.4, 0.5) is 0 Å². The molecular formula is C28H21N2O+. The molecule has 0 N–H and O–H groups in total. The van der Waals surface area contributed by atoms with E-state index < -0.39 is 0 Å². The van der Waals surface area contributed by atoms with Gasteiger partial charge in [-0.15, -0.1) is 0 Å². The van der Waals surface area contributed by atoms with Crippen molar-refractivity contribution in [3.05, 3.63) is 121 Å². The molecule has 0 aliphatic heterocycles. The molecule has 0 unspecified atom stereocenters. The highest BCUT2D eigenvalue weighted by molar-refractivity contribution is 5.99. The average Bonchev–Trinajstić information content (AvgIpc) is 2.85. The van der Waals surface area contributed by atoms with E-state index in [1.54, 1.807) is 6.33 Å². The smallest absolute Gasteiger partial charge is 0.287 e. The van der Waals surface area contributed by atoms with Crippen LogP contribution >= 0.6 is 0 Å². The minimum absolute atomic E-state index is 0.0671. The third kappa shape index (κ3) is 4.12. The Morgan fingerprint density at radius 2 is 1.35 bits per heavy atom. The molecule has 0 bridgehead atoms. The van der Waals surface area contributed by atoms with Crippen LogP contribution in [-0.2, 0) is 6.54 Å². The van der Waals surface area contributed by atoms with E-state index in [0.29, 0.717) is 5.56 Å². The van der Waals surface area contributed by atoms with Gasteiger partial charge in [0.15, 0.2) is 12.2 Å². The fraction of sp³-hybridized carbons (Fsp3) is 0.0357. The van der Waals surface area contributed by atoms with Gasteiger partial charge >= 0.3 is 0 Å². The van der Waals surface area contributed by atoms with Gasteiger partial charge in [0.25, 0.3) is 6.33 Å². The fourth-order valence-corrected chi connectivity index (χ4v) is 3.73. The summed E-state index contributed by atoms with van der Waals surface area (Å²) < 4.78 is 1.82. The second kappa shape index (κ2) is 8.33. The van der Waals surface area contributed by atoms with Crippen molar-refractivity contribution in [3.8, 4) is 22.4 Å². The highest BCUT2D eigenvalue weighted by atomic mass is 16.1. The van der Waals surface area contributed by atoms with Crippen molar-refractivity contribution < 1.29 is 9.36 Å². The second-order valence-electron chi connectivity index (χ2n) is 7.55. The maximum atomic E-state index is 12.7. The van der Waals surface area contributed by atoms with Crippen molar-refractivity contribution in [2.24, 2.45) is 0 Å². The molecule has 3 heteroatoms. The first-order valence-corrected chi connectivity index (χ1v) is 10.3. The van der Waals surface area contributed by atoms with Crippen molar-refractivity contribution in [3.63, 3.8) is 0 Å². The second-order valence-corrected chi connectivity index (χ2v) is 7.55. The highest BCUT2D eigenvalue weighted by Crippen LogP contribution is 2.23. The number of rotatable bonds is 5. The normalized spacial score (nSPS) is 10.8. The van der Waals surface area contributed by atoms with Crippen LogP contribution in [0.2, 0.25) is 0 Å². The number of carbonyl (C=O) groups is 1. The molecule has 0 aliphatic rings. The molecule has 1 aromatic heterocycles. The van der Waals surface area contributed by atoms with Gasteiger partial charge in [-0.05, 0) is 45.1 Å². The number of carbonyl (C=O) groups excluding carboxylic acids is 1. The number of hydrogen-bond acceptors (Lipinski definition) is 2. The summed E-state index contributed by atoms with van der Waals surface area (Å²) in [5.41, 5.74) is 5.02. The standard InChI is InChI=1S/C28H21N2O/c31-28(26-15-12-22-8-4-5-9-25(22)18-26)19-30-17-16-27(29-20-30)24-13-10-23(11-14-24)21-6-2-1-3-7-21/h1-18,20H,19H2/q+1. The zero-order valence-corrected chi connectivity index (χ0v) is 17.0. The Morgan fingerprint density at radius 1 is 0.677 bits per heavy atom. The molecule has 4 aromatic carbocycles. The van der Waals surface area contributed by atoms with E-state index in [9.17, 15) is 4.79 Å². The van der Waals surface area contributed by atoms with Crippen LogP contribution in [0.3, 0.4) is 0 Å². The Bertz CT molecular complexity index is 1340. The van der Waals surface area contributed by atoms with E-state index in [-0.39, 0.29) is 12.3 Å². The van der Waals surface area contributed by atoms with E-state index in [2.05, 4.69) is 41.4 Å². The SMILES string of the molecule is O=C(C[n+]1ccc(-c2ccc(-c3ccccc3)cc2)nc1)c1ccc2ccccc2c1. The third-order valence-electron chi connectivity index (χ3n) is 5.45. The molecule has 0 aliphatic carbocycles. The van der Waals surface area contributed by atoms with Crippen molar-refractivity contribution in [1.82, 2.24) is 4.98 Å². The predicted octanol–water partition coefficient (Wildman–Crippen LogP) is 5.74. The highest BCUT2D eigenvalue weighted by Gasteiger charge is 2.12. The van der Waals surface area contributed by atoms with Crippen LogP contribution < -0.4 is 4.57 Å². The van der Waals surface area contributed by atoms with Gasteiger partial charge in [-0.1, -0.05) is 78.9 Å². The number of ketones is 1. The predicted molar refractivity (Wildman–Crippen MR) is 124 cm³/mol. The average molecular weight is 401 g/mol. The van der Waals surface area contributed by atoms with Crippen molar-refractivity contribution in [1.29, 1.82) is 0 Å². The molecule has 0 amide bonds. The third-order valence-corrected chi connectivity index (χ3v) is 5.45. The van der Waals surface area contributed by atoms with E-state index >= 15 is 0 Å². The van der Waals surface area contributed by atoms with Gasteiger partial charge in [0.2, 0.25) is 5.78 Å². The molecule has 5 rings (SSSR count). The fourth-order valence-electron chi connectivity index (χ4n) is 3.73. The first-order valence-electron chi connectivity index (χ1n) is 10.3. The summed E-state index contributed by atoms with van der Waals surface area (Å²) in [6.07, 6.45) is 3.63. The van der Waals surface area contributed by atoms with Gasteiger partial charge < -0.3 is 0 Å². The number of nitrogens with zero attached hydrogens (tertiary/aromatic N) is 2. The van der Waals surface area contributed by atoms with Crippen LogP contribution in [0, 0.1) is 0 Å². The summed E-state index contributed by atoms with van der Waals surface area (Å²) in [7, 11) is 0. The number of fused-ring (bicyclic) bond motifs is 1. The summed E-state index contributed by atoms with van der Waals surface area (Å²) in [5.74, 6) is 0.0671. The zero-order valence-electron chi connectivity index (χ0n) is 17.0. The lowest BCUT2D eigenvalue weighted by Gasteiger charge is -2.04. The minimum atomic E-state index is 0.0671. The molecule has 5 aromatic rings. The largest absolute Gasteiger partial charge is 0.290 e. The molecule has 3 nitrogen and oxygen atoms in total. The Kier molecular flexibility index (Phi) is 5.07. The molecule has 148 valence electrons. The van der Waals surface area contributed by atoms with Crippen molar-refractivity contribution >= 4 is 16.6 Å². The molecule has 0 spiro atoms. The molecule has 0 atom stereocenters. The van der Waals surface area contributed by atoms with E-state index in [1.807, 2.05) is 77.5 Å². The zero-order chi connectivity index (χ0) is 21.0. The molecule has 31 heavy (non-hydrogen) atoms. The van der Waals surface area contributed by atoms with Gasteiger partial charge in [-0.25, -0.2) is 4.57 Å². The first-order chi connectivity index (χ1) is 15.3. The van der Waals surface area contributed by atoms with Gasteiger partial charge in [0.05, 0.1) is 6.20 Å². The Morgan fingerprint density at radius 3 is 2.10 bits per heavy atom. The quantitative estimate of drug-likeness (QED) is 0.278. The van der Waals surface area contributed by atoms with Gasteiger partial charge in [0.1, 0.15) is 0 Å². The summed E-state index contributed by atoms with van der Waals surface area (Å²) in [6, 6.07) is 34.5.